The van der Waals surface area contributed by atoms with Gasteiger partial charge in [0.1, 0.15) is 11.6 Å². The number of rotatable bonds is 4. The van der Waals surface area contributed by atoms with Crippen LogP contribution in [0.15, 0.2) is 66.7 Å². The smallest absolute Gasteiger partial charge is 0.227 e. The summed E-state index contributed by atoms with van der Waals surface area (Å²) in [7, 11) is 0. The molecule has 0 N–H and O–H groups in total. The van der Waals surface area contributed by atoms with Crippen LogP contribution in [0.1, 0.15) is 30.0 Å². The molecule has 0 radical (unpaired) electrons. The highest BCUT2D eigenvalue weighted by atomic mass is 19.1. The van der Waals surface area contributed by atoms with E-state index in [1.807, 2.05) is 23.1 Å². The van der Waals surface area contributed by atoms with Gasteiger partial charge in [-0.3, -0.25) is 9.78 Å². The molecule has 148 valence electrons. The summed E-state index contributed by atoms with van der Waals surface area (Å²) in [4.78, 5) is 19.4. The number of likely N-dealkylation sites (tertiary alicyclic amines) is 1. The zero-order valence-electron chi connectivity index (χ0n) is 16.0. The summed E-state index contributed by atoms with van der Waals surface area (Å²) < 4.78 is 26.3. The molecule has 1 aliphatic rings. The molecule has 2 aromatic carbocycles. The maximum atomic E-state index is 13.2. The number of nitrogens with zero attached hydrogens (tertiary/aromatic N) is 2. The largest absolute Gasteiger partial charge is 0.342 e. The van der Waals surface area contributed by atoms with E-state index >= 15 is 0 Å². The van der Waals surface area contributed by atoms with Crippen molar-refractivity contribution in [3.63, 3.8) is 0 Å². The molecule has 0 saturated carbocycles. The Morgan fingerprint density at radius 3 is 2.38 bits per heavy atom. The van der Waals surface area contributed by atoms with Crippen LogP contribution in [0.2, 0.25) is 0 Å². The molecular formula is C24H22F2N2O. The second kappa shape index (κ2) is 8.52. The number of hydrogen-bond donors (Lipinski definition) is 0. The molecule has 5 heteroatoms. The molecule has 1 aromatic heterocycles. The monoisotopic (exact) mass is 392 g/mol. The van der Waals surface area contributed by atoms with Gasteiger partial charge in [-0.25, -0.2) is 8.78 Å². The minimum absolute atomic E-state index is 0.0518. The fraction of sp³-hybridized carbons (Fsp3) is 0.250. The Balaban J connectivity index is 1.46. The van der Waals surface area contributed by atoms with Gasteiger partial charge in [-0.2, -0.15) is 0 Å². The molecule has 1 unspecified atom stereocenters. The van der Waals surface area contributed by atoms with E-state index in [4.69, 9.17) is 4.98 Å². The molecule has 0 bridgehead atoms. The van der Waals surface area contributed by atoms with Crippen molar-refractivity contribution in [2.75, 3.05) is 13.1 Å². The van der Waals surface area contributed by atoms with Gasteiger partial charge < -0.3 is 4.90 Å². The average molecular weight is 392 g/mol. The molecule has 1 saturated heterocycles. The van der Waals surface area contributed by atoms with Gasteiger partial charge in [0.25, 0.3) is 0 Å². The van der Waals surface area contributed by atoms with Gasteiger partial charge in [0.2, 0.25) is 5.91 Å². The molecule has 29 heavy (non-hydrogen) atoms. The van der Waals surface area contributed by atoms with Crippen LogP contribution in [0.4, 0.5) is 8.78 Å². The Bertz CT molecular complexity index is 987. The second-order valence-electron chi connectivity index (χ2n) is 7.44. The van der Waals surface area contributed by atoms with E-state index in [1.54, 1.807) is 24.3 Å². The molecule has 1 amide bonds. The molecule has 0 spiro atoms. The Kier molecular flexibility index (Phi) is 5.65. The van der Waals surface area contributed by atoms with Gasteiger partial charge in [-0.1, -0.05) is 18.2 Å². The minimum atomic E-state index is -0.300. The van der Waals surface area contributed by atoms with Crippen LogP contribution in [0.3, 0.4) is 0 Å². The van der Waals surface area contributed by atoms with Gasteiger partial charge in [0.15, 0.2) is 0 Å². The zero-order chi connectivity index (χ0) is 20.2. The van der Waals surface area contributed by atoms with E-state index in [1.165, 1.54) is 24.3 Å². The second-order valence-corrected chi connectivity index (χ2v) is 7.44. The number of pyridine rings is 1. The molecule has 3 aromatic rings. The predicted octanol–water partition coefficient (Wildman–Crippen LogP) is 4.98. The Hall–Kier alpha value is -3.08. The van der Waals surface area contributed by atoms with Crippen molar-refractivity contribution in [3.05, 3.63) is 89.6 Å². The Morgan fingerprint density at radius 1 is 0.966 bits per heavy atom. The molecule has 1 atom stereocenters. The van der Waals surface area contributed by atoms with E-state index in [9.17, 15) is 13.6 Å². The van der Waals surface area contributed by atoms with Crippen molar-refractivity contribution in [1.82, 2.24) is 9.88 Å². The van der Waals surface area contributed by atoms with E-state index in [2.05, 4.69) is 0 Å². The fourth-order valence-electron chi connectivity index (χ4n) is 3.79. The number of hydrogen-bond acceptors (Lipinski definition) is 2. The standard InChI is InChI=1S/C24H22F2N2O/c25-20-10-6-17(7-11-20)15-24(29)28-14-2-3-19(16-28)23-5-1-4-22(27-23)18-8-12-21(26)13-9-18/h1,4-13,19H,2-3,14-16H2. The summed E-state index contributed by atoms with van der Waals surface area (Å²) in [6, 6.07) is 18.2. The average Bonchev–Trinajstić information content (AvgIpc) is 2.76. The van der Waals surface area contributed by atoms with Crippen LogP contribution in [0.25, 0.3) is 11.3 Å². The summed E-state index contributed by atoms with van der Waals surface area (Å²) in [5.74, 6) is -0.351. The number of halogens is 2. The van der Waals surface area contributed by atoms with Crippen LogP contribution in [-0.4, -0.2) is 28.9 Å². The Morgan fingerprint density at radius 2 is 1.66 bits per heavy atom. The summed E-state index contributed by atoms with van der Waals surface area (Å²) in [5, 5.41) is 0. The molecule has 0 aliphatic carbocycles. The van der Waals surface area contributed by atoms with Crippen molar-refractivity contribution in [2.45, 2.75) is 25.2 Å². The molecule has 1 fully saturated rings. The zero-order valence-corrected chi connectivity index (χ0v) is 16.0. The van der Waals surface area contributed by atoms with E-state index in [0.29, 0.717) is 6.54 Å². The SMILES string of the molecule is O=C(Cc1ccc(F)cc1)N1CCCC(c2cccc(-c3ccc(F)cc3)n2)C1. The van der Waals surface area contributed by atoms with Crippen LogP contribution >= 0.6 is 0 Å². The highest BCUT2D eigenvalue weighted by molar-refractivity contribution is 5.79. The number of carbonyl (C=O) groups excluding carboxylic acids is 1. The maximum absolute atomic E-state index is 13.2. The normalized spacial score (nSPS) is 16.6. The van der Waals surface area contributed by atoms with Crippen LogP contribution in [-0.2, 0) is 11.2 Å². The molecule has 3 nitrogen and oxygen atoms in total. The molecule has 4 rings (SSSR count). The third kappa shape index (κ3) is 4.67. The summed E-state index contributed by atoms with van der Waals surface area (Å²) >= 11 is 0. The maximum Gasteiger partial charge on any atom is 0.227 e. The third-order valence-corrected chi connectivity index (χ3v) is 5.37. The van der Waals surface area contributed by atoms with Crippen LogP contribution < -0.4 is 0 Å². The lowest BCUT2D eigenvalue weighted by Crippen LogP contribution is -2.40. The highest BCUT2D eigenvalue weighted by Crippen LogP contribution is 2.28. The quantitative estimate of drug-likeness (QED) is 0.628. The third-order valence-electron chi connectivity index (χ3n) is 5.37. The van der Waals surface area contributed by atoms with Crippen molar-refractivity contribution in [2.24, 2.45) is 0 Å². The topological polar surface area (TPSA) is 33.2 Å². The van der Waals surface area contributed by atoms with Crippen LogP contribution in [0.5, 0.6) is 0 Å². The molecule has 2 heterocycles. The first-order valence-corrected chi connectivity index (χ1v) is 9.83. The molecule has 1 aliphatic heterocycles. The lowest BCUT2D eigenvalue weighted by Gasteiger charge is -2.32. The summed E-state index contributed by atoms with van der Waals surface area (Å²) in [6.07, 6.45) is 2.17. The van der Waals surface area contributed by atoms with Crippen molar-refractivity contribution in [3.8, 4) is 11.3 Å². The van der Waals surface area contributed by atoms with Crippen molar-refractivity contribution < 1.29 is 13.6 Å². The number of aromatic nitrogens is 1. The number of benzene rings is 2. The first-order valence-electron chi connectivity index (χ1n) is 9.83. The van der Waals surface area contributed by atoms with Gasteiger partial charge in [0, 0.05) is 30.3 Å². The van der Waals surface area contributed by atoms with Gasteiger partial charge in [-0.05, 0) is 66.9 Å². The highest BCUT2D eigenvalue weighted by Gasteiger charge is 2.25. The minimum Gasteiger partial charge on any atom is -0.342 e. The molecular weight excluding hydrogens is 370 g/mol. The van der Waals surface area contributed by atoms with E-state index in [-0.39, 0.29) is 29.9 Å². The first-order chi connectivity index (χ1) is 14.1. The van der Waals surface area contributed by atoms with Gasteiger partial charge in [-0.15, -0.1) is 0 Å². The summed E-state index contributed by atoms with van der Waals surface area (Å²) in [5.41, 5.74) is 3.44. The lowest BCUT2D eigenvalue weighted by molar-refractivity contribution is -0.131. The van der Waals surface area contributed by atoms with Gasteiger partial charge in [0.05, 0.1) is 12.1 Å². The number of amides is 1. The first kappa shape index (κ1) is 19.2. The van der Waals surface area contributed by atoms with Crippen LogP contribution in [0, 0.1) is 11.6 Å². The number of carbonyl (C=O) groups is 1. The predicted molar refractivity (Wildman–Crippen MR) is 108 cm³/mol. The van der Waals surface area contributed by atoms with Crippen molar-refractivity contribution in [1.29, 1.82) is 0 Å². The van der Waals surface area contributed by atoms with Crippen molar-refractivity contribution >= 4 is 5.91 Å². The van der Waals surface area contributed by atoms with Gasteiger partial charge >= 0.3 is 0 Å². The Labute approximate surface area is 169 Å². The summed E-state index contributed by atoms with van der Waals surface area (Å²) in [6.45, 7) is 1.36. The fourth-order valence-corrected chi connectivity index (χ4v) is 3.79. The number of piperidine rings is 1. The van der Waals surface area contributed by atoms with E-state index in [0.717, 1.165) is 41.9 Å². The lowest BCUT2D eigenvalue weighted by atomic mass is 9.93. The van der Waals surface area contributed by atoms with E-state index < -0.39 is 0 Å².